The molecule has 3 heteroatoms. The molecule has 2 aliphatic rings. The summed E-state index contributed by atoms with van der Waals surface area (Å²) < 4.78 is 5.03. The monoisotopic (exact) mass is 183 g/mol. The lowest BCUT2D eigenvalue weighted by molar-refractivity contribution is -0.150. The first-order chi connectivity index (χ1) is 6.24. The van der Waals surface area contributed by atoms with Crippen molar-refractivity contribution in [3.63, 3.8) is 0 Å². The average molecular weight is 183 g/mol. The van der Waals surface area contributed by atoms with Gasteiger partial charge in [0.25, 0.3) is 0 Å². The van der Waals surface area contributed by atoms with E-state index >= 15 is 0 Å². The SMILES string of the molecule is CCOC(=O)[C@@H]1C2CCC(C2)[C@@H]1N. The summed E-state index contributed by atoms with van der Waals surface area (Å²) in [5, 5.41) is 0. The summed E-state index contributed by atoms with van der Waals surface area (Å²) in [5.41, 5.74) is 5.99. The number of nitrogens with two attached hydrogens (primary N) is 1. The van der Waals surface area contributed by atoms with Gasteiger partial charge in [0.05, 0.1) is 12.5 Å². The molecule has 0 radical (unpaired) electrons. The van der Waals surface area contributed by atoms with Crippen molar-refractivity contribution in [1.82, 2.24) is 0 Å². The molecule has 0 amide bonds. The van der Waals surface area contributed by atoms with Crippen LogP contribution in [0.5, 0.6) is 0 Å². The van der Waals surface area contributed by atoms with E-state index in [2.05, 4.69) is 0 Å². The first kappa shape index (κ1) is 9.00. The van der Waals surface area contributed by atoms with Gasteiger partial charge in [-0.25, -0.2) is 0 Å². The molecule has 4 atom stereocenters. The van der Waals surface area contributed by atoms with Crippen LogP contribution in [0.2, 0.25) is 0 Å². The van der Waals surface area contributed by atoms with Crippen LogP contribution in [0.3, 0.4) is 0 Å². The zero-order chi connectivity index (χ0) is 9.42. The highest BCUT2D eigenvalue weighted by atomic mass is 16.5. The minimum atomic E-state index is -0.0674. The number of rotatable bonds is 2. The van der Waals surface area contributed by atoms with Gasteiger partial charge in [-0.05, 0) is 38.0 Å². The van der Waals surface area contributed by atoms with Crippen LogP contribution >= 0.6 is 0 Å². The Morgan fingerprint density at radius 1 is 1.46 bits per heavy atom. The molecule has 2 unspecified atom stereocenters. The maximum atomic E-state index is 11.5. The molecule has 13 heavy (non-hydrogen) atoms. The third-order valence-electron chi connectivity index (χ3n) is 3.54. The minimum Gasteiger partial charge on any atom is -0.466 e. The fraction of sp³-hybridized carbons (Fsp3) is 0.900. The Morgan fingerprint density at radius 2 is 2.15 bits per heavy atom. The fourth-order valence-corrected chi connectivity index (χ4v) is 2.92. The molecule has 0 spiro atoms. The van der Waals surface area contributed by atoms with Crippen molar-refractivity contribution < 1.29 is 9.53 Å². The average Bonchev–Trinajstić information content (AvgIpc) is 2.63. The predicted molar refractivity (Wildman–Crippen MR) is 48.9 cm³/mol. The van der Waals surface area contributed by atoms with E-state index in [9.17, 15) is 4.79 Å². The van der Waals surface area contributed by atoms with Crippen LogP contribution in [-0.2, 0) is 9.53 Å². The summed E-state index contributed by atoms with van der Waals surface area (Å²) in [6, 6.07) is 0.0674. The highest BCUT2D eigenvalue weighted by molar-refractivity contribution is 5.74. The molecule has 2 fully saturated rings. The van der Waals surface area contributed by atoms with Gasteiger partial charge in [-0.3, -0.25) is 4.79 Å². The van der Waals surface area contributed by atoms with Gasteiger partial charge >= 0.3 is 5.97 Å². The largest absolute Gasteiger partial charge is 0.466 e. The quantitative estimate of drug-likeness (QED) is 0.648. The minimum absolute atomic E-state index is 0.00120. The fourth-order valence-electron chi connectivity index (χ4n) is 2.92. The predicted octanol–water partition coefficient (Wildman–Crippen LogP) is 0.923. The molecule has 2 saturated carbocycles. The van der Waals surface area contributed by atoms with Crippen LogP contribution in [0.15, 0.2) is 0 Å². The van der Waals surface area contributed by atoms with E-state index in [1.54, 1.807) is 0 Å². The van der Waals surface area contributed by atoms with Crippen LogP contribution in [0.25, 0.3) is 0 Å². The van der Waals surface area contributed by atoms with Gasteiger partial charge < -0.3 is 10.5 Å². The van der Waals surface area contributed by atoms with E-state index in [1.807, 2.05) is 6.92 Å². The lowest BCUT2D eigenvalue weighted by Crippen LogP contribution is -2.41. The number of ether oxygens (including phenoxy) is 1. The van der Waals surface area contributed by atoms with Gasteiger partial charge in [0, 0.05) is 6.04 Å². The van der Waals surface area contributed by atoms with Crippen molar-refractivity contribution in [2.75, 3.05) is 6.61 Å². The molecule has 74 valence electrons. The molecule has 2 bridgehead atoms. The maximum absolute atomic E-state index is 11.5. The van der Waals surface area contributed by atoms with E-state index in [0.717, 1.165) is 6.42 Å². The second kappa shape index (κ2) is 3.29. The van der Waals surface area contributed by atoms with Crippen molar-refractivity contribution in [2.24, 2.45) is 23.5 Å². The number of esters is 1. The Balaban J connectivity index is 2.03. The summed E-state index contributed by atoms with van der Waals surface area (Å²) in [4.78, 5) is 11.5. The summed E-state index contributed by atoms with van der Waals surface area (Å²) in [6.07, 6.45) is 3.52. The number of carbonyl (C=O) groups is 1. The molecule has 0 aromatic rings. The lowest BCUT2D eigenvalue weighted by Gasteiger charge is -2.25. The number of fused-ring (bicyclic) bond motifs is 2. The van der Waals surface area contributed by atoms with Crippen molar-refractivity contribution in [3.05, 3.63) is 0 Å². The second-order valence-electron chi connectivity index (χ2n) is 4.19. The normalized spacial score (nSPS) is 42.3. The number of hydrogen-bond donors (Lipinski definition) is 1. The third-order valence-corrected chi connectivity index (χ3v) is 3.54. The molecule has 2 N–H and O–H groups in total. The van der Waals surface area contributed by atoms with E-state index in [-0.39, 0.29) is 17.9 Å². The number of hydrogen-bond acceptors (Lipinski definition) is 3. The van der Waals surface area contributed by atoms with E-state index in [4.69, 9.17) is 10.5 Å². The standard InChI is InChI=1S/C10H17NO2/c1-2-13-10(12)8-6-3-4-7(5-6)9(8)11/h6-9H,2-5,11H2,1H3/t6?,7?,8-,9+/m1/s1. The lowest BCUT2D eigenvalue weighted by atomic mass is 9.85. The van der Waals surface area contributed by atoms with Gasteiger partial charge in [0.1, 0.15) is 0 Å². The van der Waals surface area contributed by atoms with Crippen molar-refractivity contribution in [1.29, 1.82) is 0 Å². The summed E-state index contributed by atoms with van der Waals surface area (Å²) in [5.74, 6) is 1.03. The summed E-state index contributed by atoms with van der Waals surface area (Å²) in [7, 11) is 0. The molecule has 2 rings (SSSR count). The van der Waals surface area contributed by atoms with Gasteiger partial charge in [-0.1, -0.05) is 0 Å². The van der Waals surface area contributed by atoms with Gasteiger partial charge in [0.15, 0.2) is 0 Å². The molecular weight excluding hydrogens is 166 g/mol. The highest BCUT2D eigenvalue weighted by Gasteiger charge is 2.49. The molecule has 3 nitrogen and oxygen atoms in total. The van der Waals surface area contributed by atoms with Gasteiger partial charge in [-0.2, -0.15) is 0 Å². The Bertz CT molecular complexity index is 215. The van der Waals surface area contributed by atoms with E-state index in [1.165, 1.54) is 12.8 Å². The first-order valence-corrected chi connectivity index (χ1v) is 5.16. The molecule has 0 saturated heterocycles. The van der Waals surface area contributed by atoms with Crippen molar-refractivity contribution in [2.45, 2.75) is 32.2 Å². The Hall–Kier alpha value is -0.570. The Morgan fingerprint density at radius 3 is 2.69 bits per heavy atom. The third kappa shape index (κ3) is 1.35. The molecular formula is C10H17NO2. The van der Waals surface area contributed by atoms with Gasteiger partial charge in [-0.15, -0.1) is 0 Å². The van der Waals surface area contributed by atoms with Crippen LogP contribution in [0.4, 0.5) is 0 Å². The zero-order valence-corrected chi connectivity index (χ0v) is 8.03. The summed E-state index contributed by atoms with van der Waals surface area (Å²) >= 11 is 0. The van der Waals surface area contributed by atoms with Crippen molar-refractivity contribution >= 4 is 5.97 Å². The highest BCUT2D eigenvalue weighted by Crippen LogP contribution is 2.47. The van der Waals surface area contributed by atoms with Crippen LogP contribution in [-0.4, -0.2) is 18.6 Å². The number of carbonyl (C=O) groups excluding carboxylic acids is 1. The first-order valence-electron chi connectivity index (χ1n) is 5.16. The van der Waals surface area contributed by atoms with Crippen LogP contribution in [0.1, 0.15) is 26.2 Å². The maximum Gasteiger partial charge on any atom is 0.310 e. The van der Waals surface area contributed by atoms with E-state index in [0.29, 0.717) is 18.4 Å². The topological polar surface area (TPSA) is 52.3 Å². The molecule has 0 aliphatic heterocycles. The molecule has 2 aliphatic carbocycles. The smallest absolute Gasteiger partial charge is 0.310 e. The Kier molecular flexibility index (Phi) is 2.28. The molecule has 0 aromatic heterocycles. The van der Waals surface area contributed by atoms with Crippen LogP contribution < -0.4 is 5.73 Å². The molecule has 0 aromatic carbocycles. The van der Waals surface area contributed by atoms with Gasteiger partial charge in [0.2, 0.25) is 0 Å². The van der Waals surface area contributed by atoms with E-state index < -0.39 is 0 Å². The van der Waals surface area contributed by atoms with Crippen molar-refractivity contribution in [3.8, 4) is 0 Å². The Labute approximate surface area is 78.6 Å². The van der Waals surface area contributed by atoms with Crippen LogP contribution in [0, 0.1) is 17.8 Å². The zero-order valence-electron chi connectivity index (χ0n) is 8.03. The molecule has 0 heterocycles. The second-order valence-corrected chi connectivity index (χ2v) is 4.19. The summed E-state index contributed by atoms with van der Waals surface area (Å²) in [6.45, 7) is 2.32.